The van der Waals surface area contributed by atoms with Gasteiger partial charge in [0.05, 0.1) is 19.8 Å². The molecule has 0 atom stereocenters. The van der Waals surface area contributed by atoms with Gasteiger partial charge in [-0.15, -0.1) is 24.0 Å². The second-order valence-electron chi connectivity index (χ2n) is 7.92. The van der Waals surface area contributed by atoms with Gasteiger partial charge >= 0.3 is 0 Å². The molecule has 0 spiro atoms. The summed E-state index contributed by atoms with van der Waals surface area (Å²) in [7, 11) is 1.75. The van der Waals surface area contributed by atoms with Crippen LogP contribution < -0.4 is 15.4 Å². The minimum absolute atomic E-state index is 0. The molecule has 9 heteroatoms. The smallest absolute Gasteiger partial charge is 0.191 e. The molecule has 1 fully saturated rings. The first kappa shape index (κ1) is 25.7. The van der Waals surface area contributed by atoms with E-state index in [0.29, 0.717) is 32.1 Å². The molecule has 2 aliphatic rings. The van der Waals surface area contributed by atoms with Crippen molar-refractivity contribution in [3.63, 3.8) is 0 Å². The number of ether oxygens (including phenoxy) is 3. The number of nitrogens with one attached hydrogen (secondary N) is 2. The van der Waals surface area contributed by atoms with Crippen LogP contribution in [0.25, 0.3) is 0 Å². The molecular weight excluding hydrogens is 538 g/mol. The fourth-order valence-corrected chi connectivity index (χ4v) is 4.04. The number of morpholine rings is 1. The Bertz CT molecular complexity index is 938. The first-order valence-corrected chi connectivity index (χ1v) is 11.1. The number of hydrogen-bond acceptors (Lipinski definition) is 5. The summed E-state index contributed by atoms with van der Waals surface area (Å²) in [5.74, 6) is 1.17. The van der Waals surface area contributed by atoms with Gasteiger partial charge in [0.25, 0.3) is 0 Å². The molecule has 1 saturated heterocycles. The van der Waals surface area contributed by atoms with E-state index in [2.05, 4.69) is 44.8 Å². The summed E-state index contributed by atoms with van der Waals surface area (Å²) in [4.78, 5) is 6.75. The van der Waals surface area contributed by atoms with E-state index in [1.165, 1.54) is 23.3 Å². The summed E-state index contributed by atoms with van der Waals surface area (Å²) in [6.45, 7) is 6.29. The molecule has 2 aromatic carbocycles. The molecule has 33 heavy (non-hydrogen) atoms. The van der Waals surface area contributed by atoms with Gasteiger partial charge in [-0.1, -0.05) is 24.3 Å². The third kappa shape index (κ3) is 7.26. The molecule has 0 unspecified atom stereocenters. The standard InChI is InChI=1S/C24H31FN4O3.HI/c1-26-24(27-7-6-18-12-22(25)13-21-16-31-17-32-23(18)21)28-14-19-4-2-3-5-20(19)15-29-8-10-30-11-9-29;/h2-5,12-13H,6-11,14-17H2,1H3,(H2,26,27,28);1H. The monoisotopic (exact) mass is 570 g/mol. The Labute approximate surface area is 211 Å². The molecule has 180 valence electrons. The third-order valence-corrected chi connectivity index (χ3v) is 5.72. The zero-order valence-electron chi connectivity index (χ0n) is 18.9. The van der Waals surface area contributed by atoms with E-state index < -0.39 is 0 Å². The summed E-state index contributed by atoms with van der Waals surface area (Å²) in [5, 5.41) is 6.71. The van der Waals surface area contributed by atoms with E-state index in [0.717, 1.165) is 49.7 Å². The van der Waals surface area contributed by atoms with Crippen LogP contribution in [0.4, 0.5) is 4.39 Å². The Hall–Kier alpha value is -1.95. The maximum Gasteiger partial charge on any atom is 0.191 e. The quantitative estimate of drug-likeness (QED) is 0.303. The molecule has 0 bridgehead atoms. The SMILES string of the molecule is CN=C(NCCc1cc(F)cc2c1OCOC2)NCc1ccccc1CN1CCOCC1.I. The molecule has 4 rings (SSSR count). The Morgan fingerprint density at radius 2 is 1.85 bits per heavy atom. The van der Waals surface area contributed by atoms with Gasteiger partial charge in [-0.05, 0) is 35.2 Å². The number of aliphatic imine (C=N–C) groups is 1. The molecule has 0 saturated carbocycles. The Balaban J connectivity index is 0.00000306. The lowest BCUT2D eigenvalue weighted by atomic mass is 10.1. The largest absolute Gasteiger partial charge is 0.467 e. The molecule has 2 heterocycles. The predicted octanol–water partition coefficient (Wildman–Crippen LogP) is 3.05. The molecule has 7 nitrogen and oxygen atoms in total. The van der Waals surface area contributed by atoms with Crippen molar-refractivity contribution >= 4 is 29.9 Å². The van der Waals surface area contributed by atoms with Crippen LogP contribution in [-0.2, 0) is 35.6 Å². The van der Waals surface area contributed by atoms with Gasteiger partial charge in [-0.3, -0.25) is 9.89 Å². The molecule has 2 N–H and O–H groups in total. The van der Waals surface area contributed by atoms with Crippen molar-refractivity contribution in [3.8, 4) is 5.75 Å². The fourth-order valence-electron chi connectivity index (χ4n) is 4.04. The summed E-state index contributed by atoms with van der Waals surface area (Å²) >= 11 is 0. The number of halogens is 2. The predicted molar refractivity (Wildman–Crippen MR) is 137 cm³/mol. The van der Waals surface area contributed by atoms with Gasteiger partial charge in [0.15, 0.2) is 12.8 Å². The fraction of sp³-hybridized carbons (Fsp3) is 0.458. The van der Waals surface area contributed by atoms with Crippen molar-refractivity contribution in [3.05, 3.63) is 64.5 Å². The number of fused-ring (bicyclic) bond motifs is 1. The van der Waals surface area contributed by atoms with Crippen LogP contribution in [0.2, 0.25) is 0 Å². The molecule has 2 aromatic rings. The van der Waals surface area contributed by atoms with Crippen LogP contribution >= 0.6 is 24.0 Å². The lowest BCUT2D eigenvalue weighted by molar-refractivity contribution is -0.0172. The van der Waals surface area contributed by atoms with Gasteiger partial charge in [-0.2, -0.15) is 0 Å². The number of nitrogens with zero attached hydrogens (tertiary/aromatic N) is 2. The number of guanidine groups is 1. The highest BCUT2D eigenvalue weighted by Crippen LogP contribution is 2.29. The van der Waals surface area contributed by atoms with Crippen molar-refractivity contribution in [2.75, 3.05) is 46.7 Å². The van der Waals surface area contributed by atoms with E-state index in [-0.39, 0.29) is 36.6 Å². The van der Waals surface area contributed by atoms with E-state index >= 15 is 0 Å². The maximum atomic E-state index is 13.9. The third-order valence-electron chi connectivity index (χ3n) is 5.72. The second kappa shape index (κ2) is 13.1. The van der Waals surface area contributed by atoms with Crippen molar-refractivity contribution in [2.24, 2.45) is 4.99 Å². The lowest BCUT2D eigenvalue weighted by Crippen LogP contribution is -2.38. The highest BCUT2D eigenvalue weighted by molar-refractivity contribution is 14.0. The van der Waals surface area contributed by atoms with Crippen molar-refractivity contribution in [2.45, 2.75) is 26.1 Å². The van der Waals surface area contributed by atoms with Gasteiger partial charge in [0, 0.05) is 45.3 Å². The number of rotatable bonds is 7. The summed E-state index contributed by atoms with van der Waals surface area (Å²) in [6, 6.07) is 11.5. The maximum absolute atomic E-state index is 13.9. The Morgan fingerprint density at radius 1 is 1.06 bits per heavy atom. The van der Waals surface area contributed by atoms with Crippen LogP contribution in [0.5, 0.6) is 5.75 Å². The van der Waals surface area contributed by atoms with Gasteiger partial charge < -0.3 is 24.8 Å². The van der Waals surface area contributed by atoms with Crippen molar-refractivity contribution in [1.82, 2.24) is 15.5 Å². The van der Waals surface area contributed by atoms with E-state index in [1.807, 2.05) is 0 Å². The Morgan fingerprint density at radius 3 is 2.64 bits per heavy atom. The molecule has 0 amide bonds. The normalized spacial score (nSPS) is 16.4. The average molecular weight is 570 g/mol. The first-order valence-electron chi connectivity index (χ1n) is 11.1. The molecule has 2 aliphatic heterocycles. The van der Waals surface area contributed by atoms with Gasteiger partial charge in [0.1, 0.15) is 11.6 Å². The molecule has 0 radical (unpaired) electrons. The van der Waals surface area contributed by atoms with E-state index in [4.69, 9.17) is 14.2 Å². The van der Waals surface area contributed by atoms with Gasteiger partial charge in [-0.25, -0.2) is 4.39 Å². The van der Waals surface area contributed by atoms with Crippen LogP contribution in [0.1, 0.15) is 22.3 Å². The Kier molecular flexibility index (Phi) is 10.2. The second-order valence-corrected chi connectivity index (χ2v) is 7.92. The molecule has 0 aliphatic carbocycles. The first-order chi connectivity index (χ1) is 15.7. The number of benzene rings is 2. The highest BCUT2D eigenvalue weighted by Gasteiger charge is 2.17. The van der Waals surface area contributed by atoms with Crippen molar-refractivity contribution in [1.29, 1.82) is 0 Å². The topological polar surface area (TPSA) is 67.4 Å². The summed E-state index contributed by atoms with van der Waals surface area (Å²) in [5.41, 5.74) is 4.14. The highest BCUT2D eigenvalue weighted by atomic mass is 127. The average Bonchev–Trinajstić information content (AvgIpc) is 2.82. The molecule has 0 aromatic heterocycles. The van der Waals surface area contributed by atoms with Crippen LogP contribution in [-0.4, -0.2) is 57.5 Å². The summed E-state index contributed by atoms with van der Waals surface area (Å²) in [6.07, 6.45) is 0.619. The van der Waals surface area contributed by atoms with E-state index in [9.17, 15) is 4.39 Å². The van der Waals surface area contributed by atoms with Crippen molar-refractivity contribution < 1.29 is 18.6 Å². The van der Waals surface area contributed by atoms with Gasteiger partial charge in [0.2, 0.25) is 0 Å². The number of hydrogen-bond donors (Lipinski definition) is 2. The molecular formula is C24H32FIN4O3. The van der Waals surface area contributed by atoms with Crippen LogP contribution in [0.3, 0.4) is 0 Å². The van der Waals surface area contributed by atoms with Crippen LogP contribution in [0.15, 0.2) is 41.4 Å². The summed E-state index contributed by atoms with van der Waals surface area (Å²) < 4.78 is 30.3. The zero-order chi connectivity index (χ0) is 22.2. The zero-order valence-corrected chi connectivity index (χ0v) is 21.3. The minimum Gasteiger partial charge on any atom is -0.467 e. The lowest BCUT2D eigenvalue weighted by Gasteiger charge is -2.27. The van der Waals surface area contributed by atoms with Crippen LogP contribution in [0, 0.1) is 5.82 Å². The minimum atomic E-state index is -0.271. The van der Waals surface area contributed by atoms with E-state index in [1.54, 1.807) is 7.05 Å².